The van der Waals surface area contributed by atoms with Crippen LogP contribution in [0.4, 0.5) is 4.79 Å². The summed E-state index contributed by atoms with van der Waals surface area (Å²) in [5.74, 6) is -0.427. The molecule has 0 aliphatic carbocycles. The second kappa shape index (κ2) is 8.20. The zero-order valence-electron chi connectivity index (χ0n) is 11.3. The third-order valence-electron chi connectivity index (χ3n) is 2.21. The maximum absolute atomic E-state index is 11.5. The molecule has 1 aromatic rings. The molecule has 0 unspecified atom stereocenters. The molecule has 106 valence electrons. The Balaban J connectivity index is 2.36. The second-order valence-electron chi connectivity index (χ2n) is 3.99. The molecule has 0 aromatic carbocycles. The zero-order valence-corrected chi connectivity index (χ0v) is 11.3. The van der Waals surface area contributed by atoms with Gasteiger partial charge in [-0.2, -0.15) is 0 Å². The molecule has 19 heavy (non-hydrogen) atoms. The Hall–Kier alpha value is -1.96. The first-order valence-corrected chi connectivity index (χ1v) is 6.33. The van der Waals surface area contributed by atoms with Crippen molar-refractivity contribution in [2.45, 2.75) is 33.4 Å². The average Bonchev–Trinajstić information content (AvgIpc) is 2.77. The van der Waals surface area contributed by atoms with Crippen molar-refractivity contribution in [3.8, 4) is 0 Å². The number of carbonyl (C=O) groups excluding carboxylic acids is 2. The maximum Gasteiger partial charge on any atom is 0.321 e. The molecule has 3 amide bonds. The quantitative estimate of drug-likeness (QED) is 0.585. The van der Waals surface area contributed by atoms with E-state index in [4.69, 9.17) is 0 Å². The molecular formula is C11H20N6O2. The van der Waals surface area contributed by atoms with Crippen LogP contribution in [0.25, 0.3) is 0 Å². The van der Waals surface area contributed by atoms with Gasteiger partial charge in [0.2, 0.25) is 5.91 Å². The van der Waals surface area contributed by atoms with E-state index >= 15 is 0 Å². The topological polar surface area (TPSA) is 101 Å². The van der Waals surface area contributed by atoms with Gasteiger partial charge in [-0.1, -0.05) is 12.1 Å². The Morgan fingerprint density at radius 2 is 2.16 bits per heavy atom. The van der Waals surface area contributed by atoms with Gasteiger partial charge in [0, 0.05) is 13.1 Å². The number of rotatable bonds is 7. The Morgan fingerprint density at radius 3 is 2.84 bits per heavy atom. The summed E-state index contributed by atoms with van der Waals surface area (Å²) in [4.78, 5) is 22.6. The van der Waals surface area contributed by atoms with Gasteiger partial charge in [-0.15, -0.1) is 5.10 Å². The van der Waals surface area contributed by atoms with Crippen molar-refractivity contribution in [3.05, 3.63) is 11.9 Å². The molecule has 0 atom stereocenters. The third kappa shape index (κ3) is 5.96. The minimum absolute atomic E-state index is 0.0298. The van der Waals surface area contributed by atoms with E-state index in [1.807, 2.05) is 0 Å². The summed E-state index contributed by atoms with van der Waals surface area (Å²) in [5.41, 5.74) is 0.763. The highest BCUT2D eigenvalue weighted by molar-refractivity contribution is 5.94. The van der Waals surface area contributed by atoms with Crippen molar-refractivity contribution in [2.24, 2.45) is 0 Å². The van der Waals surface area contributed by atoms with Gasteiger partial charge in [0.05, 0.1) is 11.9 Å². The summed E-state index contributed by atoms with van der Waals surface area (Å²) in [5, 5.41) is 15.6. The van der Waals surface area contributed by atoms with Gasteiger partial charge in [-0.05, 0) is 19.9 Å². The molecule has 0 saturated heterocycles. The lowest BCUT2D eigenvalue weighted by molar-refractivity contribution is -0.120. The van der Waals surface area contributed by atoms with Gasteiger partial charge >= 0.3 is 6.03 Å². The molecule has 0 aliphatic heterocycles. The van der Waals surface area contributed by atoms with Gasteiger partial charge in [-0.3, -0.25) is 10.1 Å². The molecule has 1 heterocycles. The van der Waals surface area contributed by atoms with Crippen LogP contribution < -0.4 is 16.0 Å². The van der Waals surface area contributed by atoms with Gasteiger partial charge in [0.25, 0.3) is 0 Å². The van der Waals surface area contributed by atoms with E-state index in [-0.39, 0.29) is 6.54 Å². The summed E-state index contributed by atoms with van der Waals surface area (Å²) in [6.07, 6.45) is 2.73. The molecule has 1 aromatic heterocycles. The van der Waals surface area contributed by atoms with Crippen LogP contribution in [0, 0.1) is 0 Å². The van der Waals surface area contributed by atoms with Crippen LogP contribution in [0.1, 0.15) is 26.0 Å². The fourth-order valence-corrected chi connectivity index (χ4v) is 1.41. The van der Waals surface area contributed by atoms with E-state index in [2.05, 4.69) is 33.2 Å². The Labute approximate surface area is 111 Å². The summed E-state index contributed by atoms with van der Waals surface area (Å²) in [7, 11) is 0. The summed E-state index contributed by atoms with van der Waals surface area (Å²) >= 11 is 0. The summed E-state index contributed by atoms with van der Waals surface area (Å²) < 4.78 is 1.40. The fraction of sp³-hybridized carbons (Fsp3) is 0.636. The van der Waals surface area contributed by atoms with Crippen LogP contribution in [0.15, 0.2) is 6.20 Å². The lowest BCUT2D eigenvalue weighted by atomic mass is 10.4. The molecule has 0 fully saturated rings. The molecule has 8 heteroatoms. The van der Waals surface area contributed by atoms with Crippen LogP contribution in [0.5, 0.6) is 0 Å². The van der Waals surface area contributed by atoms with E-state index < -0.39 is 11.9 Å². The summed E-state index contributed by atoms with van der Waals surface area (Å²) in [6, 6.07) is -0.502. The smallest absolute Gasteiger partial charge is 0.321 e. The van der Waals surface area contributed by atoms with Crippen molar-refractivity contribution in [3.63, 3.8) is 0 Å². The van der Waals surface area contributed by atoms with E-state index in [1.165, 1.54) is 4.68 Å². The largest absolute Gasteiger partial charge is 0.338 e. The number of nitrogens with zero attached hydrogens (tertiary/aromatic N) is 3. The van der Waals surface area contributed by atoms with E-state index in [0.717, 1.165) is 18.7 Å². The lowest BCUT2D eigenvalue weighted by Crippen LogP contribution is -2.40. The Morgan fingerprint density at radius 1 is 1.37 bits per heavy atom. The van der Waals surface area contributed by atoms with Gasteiger partial charge in [-0.25, -0.2) is 9.48 Å². The van der Waals surface area contributed by atoms with E-state index in [9.17, 15) is 9.59 Å². The van der Waals surface area contributed by atoms with Crippen molar-refractivity contribution in [1.82, 2.24) is 30.9 Å². The fourth-order valence-electron chi connectivity index (χ4n) is 1.41. The monoisotopic (exact) mass is 268 g/mol. The molecule has 0 aliphatic rings. The highest BCUT2D eigenvalue weighted by Gasteiger charge is 2.08. The van der Waals surface area contributed by atoms with Crippen LogP contribution in [-0.2, 0) is 17.9 Å². The molecule has 3 N–H and O–H groups in total. The number of imide groups is 1. The van der Waals surface area contributed by atoms with Crippen molar-refractivity contribution >= 4 is 11.9 Å². The zero-order chi connectivity index (χ0) is 14.1. The van der Waals surface area contributed by atoms with Crippen LogP contribution in [0.3, 0.4) is 0 Å². The van der Waals surface area contributed by atoms with Gasteiger partial charge < -0.3 is 10.6 Å². The van der Waals surface area contributed by atoms with Crippen molar-refractivity contribution in [2.75, 3.05) is 13.1 Å². The predicted octanol–water partition coefficient (Wildman–Crippen LogP) is -0.377. The SMILES string of the molecule is CCCNCc1cn(CC(=O)NC(=O)NCC)nn1. The number of hydrogen-bond acceptors (Lipinski definition) is 5. The predicted molar refractivity (Wildman–Crippen MR) is 69.2 cm³/mol. The minimum atomic E-state index is -0.502. The third-order valence-corrected chi connectivity index (χ3v) is 2.21. The number of aromatic nitrogens is 3. The van der Waals surface area contributed by atoms with Crippen molar-refractivity contribution in [1.29, 1.82) is 0 Å². The van der Waals surface area contributed by atoms with E-state index in [0.29, 0.717) is 13.1 Å². The number of hydrogen-bond donors (Lipinski definition) is 3. The van der Waals surface area contributed by atoms with Crippen LogP contribution in [-0.4, -0.2) is 40.0 Å². The number of amides is 3. The van der Waals surface area contributed by atoms with Crippen molar-refractivity contribution < 1.29 is 9.59 Å². The summed E-state index contributed by atoms with van der Waals surface area (Å²) in [6.45, 7) is 5.82. The molecule has 0 radical (unpaired) electrons. The first-order valence-electron chi connectivity index (χ1n) is 6.33. The minimum Gasteiger partial charge on any atom is -0.338 e. The molecule has 8 nitrogen and oxygen atoms in total. The second-order valence-corrected chi connectivity index (χ2v) is 3.99. The highest BCUT2D eigenvalue weighted by Crippen LogP contribution is 1.92. The van der Waals surface area contributed by atoms with Crippen LogP contribution >= 0.6 is 0 Å². The Kier molecular flexibility index (Phi) is 6.51. The number of carbonyl (C=O) groups is 2. The molecule has 0 saturated carbocycles. The normalized spacial score (nSPS) is 10.2. The standard InChI is InChI=1S/C11H20N6O2/c1-3-5-12-6-9-7-17(16-15-9)8-10(18)14-11(19)13-4-2/h7,12H,3-6,8H2,1-2H3,(H2,13,14,18,19). The molecule has 0 spiro atoms. The first kappa shape index (κ1) is 15.1. The number of urea groups is 1. The van der Waals surface area contributed by atoms with Crippen LogP contribution in [0.2, 0.25) is 0 Å². The van der Waals surface area contributed by atoms with Gasteiger partial charge in [0.15, 0.2) is 0 Å². The van der Waals surface area contributed by atoms with Gasteiger partial charge in [0.1, 0.15) is 6.54 Å². The lowest BCUT2D eigenvalue weighted by Gasteiger charge is -2.03. The molecular weight excluding hydrogens is 248 g/mol. The first-order chi connectivity index (χ1) is 9.15. The molecule has 0 bridgehead atoms. The molecule has 1 rings (SSSR count). The van der Waals surface area contributed by atoms with E-state index in [1.54, 1.807) is 13.1 Å². The number of nitrogens with one attached hydrogen (secondary N) is 3. The maximum atomic E-state index is 11.5. The highest BCUT2D eigenvalue weighted by atomic mass is 16.2. The Bertz CT molecular complexity index is 417. The average molecular weight is 268 g/mol.